The number of hydrogen-bond acceptors (Lipinski definition) is 2. The summed E-state index contributed by atoms with van der Waals surface area (Å²) in [5.74, 6) is -0.215. The van der Waals surface area contributed by atoms with E-state index in [0.717, 1.165) is 30.6 Å². The summed E-state index contributed by atoms with van der Waals surface area (Å²) in [7, 11) is 0. The first-order chi connectivity index (χ1) is 8.13. The van der Waals surface area contributed by atoms with Crippen LogP contribution in [-0.4, -0.2) is 22.5 Å². The molecular weight excluding hydrogens is 215 g/mol. The smallest absolute Gasteiger partial charge is 0.141 e. The number of pyridine rings is 1. The van der Waals surface area contributed by atoms with E-state index in [1.807, 2.05) is 0 Å². The predicted molar refractivity (Wildman–Crippen MR) is 67.4 cm³/mol. The second-order valence-corrected chi connectivity index (χ2v) is 5.03. The molecule has 0 amide bonds. The van der Waals surface area contributed by atoms with E-state index in [4.69, 9.17) is 0 Å². The molecule has 2 nitrogen and oxygen atoms in total. The Morgan fingerprint density at radius 3 is 2.94 bits per heavy atom. The third kappa shape index (κ3) is 2.49. The van der Waals surface area contributed by atoms with Crippen LogP contribution in [0.1, 0.15) is 50.9 Å². The predicted octanol–water partition coefficient (Wildman–Crippen LogP) is 3.33. The fourth-order valence-electron chi connectivity index (χ4n) is 2.81. The normalized spacial score (nSPS) is 21.4. The molecule has 0 bridgehead atoms. The highest BCUT2D eigenvalue weighted by Gasteiger charge is 2.29. The molecule has 1 aromatic heterocycles. The van der Waals surface area contributed by atoms with Crippen LogP contribution in [0.2, 0.25) is 0 Å². The van der Waals surface area contributed by atoms with Gasteiger partial charge >= 0.3 is 0 Å². The maximum Gasteiger partial charge on any atom is 0.141 e. The van der Waals surface area contributed by atoms with Crippen LogP contribution in [0, 0.1) is 5.82 Å². The molecule has 1 unspecified atom stereocenters. The van der Waals surface area contributed by atoms with Crippen LogP contribution in [0.25, 0.3) is 0 Å². The number of hydrogen-bond donors (Lipinski definition) is 0. The highest BCUT2D eigenvalue weighted by atomic mass is 19.1. The van der Waals surface area contributed by atoms with Gasteiger partial charge in [0.15, 0.2) is 0 Å². The second-order valence-electron chi connectivity index (χ2n) is 5.03. The first-order valence-electron chi connectivity index (χ1n) is 6.53. The topological polar surface area (TPSA) is 16.1 Å². The Bertz CT molecular complexity index is 390. The summed E-state index contributed by atoms with van der Waals surface area (Å²) in [6, 6.07) is 2.54. The fraction of sp³-hybridized carbons (Fsp3) is 0.643. The molecule has 0 N–H and O–H groups in total. The number of aryl methyl sites for hydroxylation is 1. The van der Waals surface area contributed by atoms with Gasteiger partial charge in [0, 0.05) is 17.8 Å². The molecule has 1 saturated heterocycles. The molecule has 3 heteroatoms. The molecule has 1 atom stereocenters. The lowest BCUT2D eigenvalue weighted by atomic mass is 10.0. The monoisotopic (exact) mass is 236 g/mol. The standard InChI is InChI=1S/C14H21FN2/c1-4-13-12(8-11(15)9-16-13)14-6-5-7-17(14)10(2)3/h8-10,14H,4-7H2,1-3H3. The van der Waals surface area contributed by atoms with Gasteiger partial charge in [0.2, 0.25) is 0 Å². The highest BCUT2D eigenvalue weighted by molar-refractivity contribution is 5.25. The quantitative estimate of drug-likeness (QED) is 0.800. The Balaban J connectivity index is 2.35. The van der Waals surface area contributed by atoms with E-state index < -0.39 is 0 Å². The summed E-state index contributed by atoms with van der Waals surface area (Å²) in [6.45, 7) is 7.60. The Labute approximate surface area is 103 Å². The molecule has 1 aliphatic rings. The average molecular weight is 236 g/mol. The SMILES string of the molecule is CCc1ncc(F)cc1C1CCCN1C(C)C. The molecule has 2 heterocycles. The maximum absolute atomic E-state index is 13.4. The minimum atomic E-state index is -0.215. The minimum Gasteiger partial charge on any atom is -0.294 e. The first kappa shape index (κ1) is 12.5. The van der Waals surface area contributed by atoms with E-state index in [1.54, 1.807) is 6.07 Å². The van der Waals surface area contributed by atoms with Crippen molar-refractivity contribution in [3.8, 4) is 0 Å². The average Bonchev–Trinajstić information content (AvgIpc) is 2.77. The third-order valence-electron chi connectivity index (χ3n) is 3.62. The Morgan fingerprint density at radius 1 is 1.53 bits per heavy atom. The molecule has 0 aromatic carbocycles. The van der Waals surface area contributed by atoms with Crippen molar-refractivity contribution >= 4 is 0 Å². The molecule has 17 heavy (non-hydrogen) atoms. The van der Waals surface area contributed by atoms with E-state index in [-0.39, 0.29) is 5.82 Å². The van der Waals surface area contributed by atoms with Gasteiger partial charge in [-0.2, -0.15) is 0 Å². The minimum absolute atomic E-state index is 0.215. The number of halogens is 1. The van der Waals surface area contributed by atoms with Crippen molar-refractivity contribution in [2.75, 3.05) is 6.54 Å². The third-order valence-corrected chi connectivity index (χ3v) is 3.62. The van der Waals surface area contributed by atoms with Gasteiger partial charge < -0.3 is 0 Å². The lowest BCUT2D eigenvalue weighted by Gasteiger charge is -2.29. The molecule has 1 aromatic rings. The Hall–Kier alpha value is -0.960. The molecule has 0 radical (unpaired) electrons. The molecule has 0 spiro atoms. The van der Waals surface area contributed by atoms with Crippen molar-refractivity contribution in [1.29, 1.82) is 0 Å². The van der Waals surface area contributed by atoms with Crippen molar-refractivity contribution in [2.24, 2.45) is 0 Å². The van der Waals surface area contributed by atoms with E-state index >= 15 is 0 Å². The van der Waals surface area contributed by atoms with E-state index in [1.165, 1.54) is 12.6 Å². The van der Waals surface area contributed by atoms with Gasteiger partial charge in [-0.15, -0.1) is 0 Å². The van der Waals surface area contributed by atoms with Crippen molar-refractivity contribution in [2.45, 2.75) is 52.1 Å². The molecule has 2 rings (SSSR count). The van der Waals surface area contributed by atoms with Gasteiger partial charge in [0.25, 0.3) is 0 Å². The largest absolute Gasteiger partial charge is 0.294 e. The summed E-state index contributed by atoms with van der Waals surface area (Å²) in [5, 5.41) is 0. The van der Waals surface area contributed by atoms with E-state index in [9.17, 15) is 4.39 Å². The van der Waals surface area contributed by atoms with Crippen molar-refractivity contribution in [3.63, 3.8) is 0 Å². The zero-order chi connectivity index (χ0) is 12.4. The van der Waals surface area contributed by atoms with Gasteiger partial charge in [-0.1, -0.05) is 6.92 Å². The number of likely N-dealkylation sites (tertiary alicyclic amines) is 1. The van der Waals surface area contributed by atoms with Gasteiger partial charge in [0.1, 0.15) is 5.82 Å². The van der Waals surface area contributed by atoms with E-state index in [0.29, 0.717) is 12.1 Å². The number of aromatic nitrogens is 1. The Kier molecular flexibility index (Phi) is 3.77. The summed E-state index contributed by atoms with van der Waals surface area (Å²) in [5.41, 5.74) is 2.14. The summed E-state index contributed by atoms with van der Waals surface area (Å²) >= 11 is 0. The lowest BCUT2D eigenvalue weighted by Crippen LogP contribution is -2.30. The zero-order valence-corrected chi connectivity index (χ0v) is 10.9. The molecule has 94 valence electrons. The molecule has 1 fully saturated rings. The molecule has 0 aliphatic carbocycles. The number of nitrogens with zero attached hydrogens (tertiary/aromatic N) is 2. The molecule has 0 saturated carbocycles. The Morgan fingerprint density at radius 2 is 2.29 bits per heavy atom. The molecular formula is C14H21FN2. The molecule has 1 aliphatic heterocycles. The van der Waals surface area contributed by atoms with Gasteiger partial charge in [0.05, 0.1) is 6.20 Å². The lowest BCUT2D eigenvalue weighted by molar-refractivity contribution is 0.204. The van der Waals surface area contributed by atoms with Crippen molar-refractivity contribution < 1.29 is 4.39 Å². The van der Waals surface area contributed by atoms with Crippen LogP contribution in [0.15, 0.2) is 12.3 Å². The van der Waals surface area contributed by atoms with E-state index in [2.05, 4.69) is 30.7 Å². The summed E-state index contributed by atoms with van der Waals surface area (Å²) in [6.07, 6.45) is 4.52. The van der Waals surface area contributed by atoms with Crippen LogP contribution in [0.4, 0.5) is 4.39 Å². The second kappa shape index (κ2) is 5.13. The van der Waals surface area contributed by atoms with Crippen LogP contribution >= 0.6 is 0 Å². The van der Waals surface area contributed by atoms with Gasteiger partial charge in [-0.25, -0.2) is 4.39 Å². The fourth-order valence-corrected chi connectivity index (χ4v) is 2.81. The van der Waals surface area contributed by atoms with Crippen LogP contribution in [0.3, 0.4) is 0 Å². The highest BCUT2D eigenvalue weighted by Crippen LogP contribution is 2.35. The summed E-state index contributed by atoms with van der Waals surface area (Å²) in [4.78, 5) is 6.69. The van der Waals surface area contributed by atoms with Crippen LogP contribution in [-0.2, 0) is 6.42 Å². The van der Waals surface area contributed by atoms with Crippen molar-refractivity contribution in [3.05, 3.63) is 29.3 Å². The zero-order valence-electron chi connectivity index (χ0n) is 10.9. The number of rotatable bonds is 3. The van der Waals surface area contributed by atoms with Crippen LogP contribution in [0.5, 0.6) is 0 Å². The van der Waals surface area contributed by atoms with Gasteiger partial charge in [-0.3, -0.25) is 9.88 Å². The van der Waals surface area contributed by atoms with Crippen molar-refractivity contribution in [1.82, 2.24) is 9.88 Å². The van der Waals surface area contributed by atoms with Crippen LogP contribution < -0.4 is 0 Å². The van der Waals surface area contributed by atoms with Gasteiger partial charge in [-0.05, 0) is 51.3 Å². The first-order valence-corrected chi connectivity index (χ1v) is 6.53. The maximum atomic E-state index is 13.4. The summed E-state index contributed by atoms with van der Waals surface area (Å²) < 4.78 is 13.4.